The summed E-state index contributed by atoms with van der Waals surface area (Å²) in [7, 11) is 1.33. The van der Waals surface area contributed by atoms with Crippen LogP contribution in [0.5, 0.6) is 0 Å². The Balaban J connectivity index is 1.46. The molecule has 0 aromatic carbocycles. The number of aliphatic hydroxyl groups is 8. The maximum atomic E-state index is 10.4. The maximum Gasteiger partial charge on any atom is 0.187 e. The van der Waals surface area contributed by atoms with Crippen LogP contribution in [-0.4, -0.2) is 160 Å². The van der Waals surface area contributed by atoms with E-state index in [2.05, 4.69) is 0 Å². The van der Waals surface area contributed by atoms with Crippen LogP contribution in [0.15, 0.2) is 0 Å². The fourth-order valence-corrected chi connectivity index (χ4v) is 4.65. The summed E-state index contributed by atoms with van der Waals surface area (Å²) in [5.41, 5.74) is 0. The van der Waals surface area contributed by atoms with Gasteiger partial charge in [0.15, 0.2) is 18.9 Å². The molecule has 0 amide bonds. The molecular weight excluding hydrogens is 468 g/mol. The molecule has 0 aliphatic carbocycles. The van der Waals surface area contributed by atoms with E-state index in [-0.39, 0.29) is 6.61 Å². The van der Waals surface area contributed by atoms with Gasteiger partial charge in [-0.15, -0.1) is 0 Å². The Bertz CT molecular complexity index is 668. The van der Waals surface area contributed by atoms with Gasteiger partial charge in [0, 0.05) is 7.11 Å². The van der Waals surface area contributed by atoms with Crippen LogP contribution in [0, 0.1) is 0 Å². The van der Waals surface area contributed by atoms with Crippen LogP contribution in [0.25, 0.3) is 0 Å². The van der Waals surface area contributed by atoms with Crippen LogP contribution in [0.3, 0.4) is 0 Å². The SMILES string of the molecule is CO[C@@H]1[C@H](O[C@H]2[C@@H](O)[C@@H](CO)OC(O)[C@@H]2O)O[C@H]2CO[C@@H]1[C@@H]2O[C@@H]1O[C@H](CO)[C@H](O)[C@H](O)[C@H]1O. The number of hydrogen-bond acceptors (Lipinski definition) is 15. The molecule has 15 heteroatoms. The lowest BCUT2D eigenvalue weighted by Crippen LogP contribution is -2.64. The second kappa shape index (κ2) is 10.8. The largest absolute Gasteiger partial charge is 0.394 e. The highest BCUT2D eigenvalue weighted by Gasteiger charge is 2.57. The fourth-order valence-electron chi connectivity index (χ4n) is 4.65. The summed E-state index contributed by atoms with van der Waals surface area (Å²) in [6.07, 6.45) is -19.5. The number of hydrogen-bond donors (Lipinski definition) is 8. The molecule has 15 nitrogen and oxygen atoms in total. The minimum Gasteiger partial charge on any atom is -0.394 e. The Morgan fingerprint density at radius 2 is 1.32 bits per heavy atom. The molecule has 2 bridgehead atoms. The third kappa shape index (κ3) is 4.72. The van der Waals surface area contributed by atoms with E-state index in [1.807, 2.05) is 0 Å². The fraction of sp³-hybridized carbons (Fsp3) is 1.00. The van der Waals surface area contributed by atoms with Crippen molar-refractivity contribution in [3.8, 4) is 0 Å². The minimum absolute atomic E-state index is 0.0211. The first-order chi connectivity index (χ1) is 16.2. The molecule has 1 unspecified atom stereocenters. The lowest BCUT2D eigenvalue weighted by atomic mass is 9.97. The van der Waals surface area contributed by atoms with Gasteiger partial charge < -0.3 is 74.0 Å². The Labute approximate surface area is 193 Å². The van der Waals surface area contributed by atoms with Gasteiger partial charge in [-0.3, -0.25) is 0 Å². The molecule has 4 saturated heterocycles. The van der Waals surface area contributed by atoms with Gasteiger partial charge in [-0.2, -0.15) is 0 Å². The zero-order valence-corrected chi connectivity index (χ0v) is 18.2. The molecule has 4 aliphatic rings. The van der Waals surface area contributed by atoms with E-state index in [0.717, 1.165) is 0 Å². The highest BCUT2D eigenvalue weighted by atomic mass is 16.8. The zero-order chi connectivity index (χ0) is 24.7. The number of rotatable bonds is 7. The first-order valence-corrected chi connectivity index (χ1v) is 10.9. The van der Waals surface area contributed by atoms with Crippen LogP contribution in [0.1, 0.15) is 0 Å². The smallest absolute Gasteiger partial charge is 0.187 e. The molecule has 4 rings (SSSR count). The van der Waals surface area contributed by atoms with Gasteiger partial charge in [0.25, 0.3) is 0 Å². The summed E-state index contributed by atoms with van der Waals surface area (Å²) in [6.45, 7) is -1.23. The van der Waals surface area contributed by atoms with E-state index < -0.39 is 105 Å². The first-order valence-electron chi connectivity index (χ1n) is 10.9. The molecule has 0 saturated carbocycles. The van der Waals surface area contributed by atoms with Gasteiger partial charge in [-0.1, -0.05) is 0 Å². The summed E-state index contributed by atoms with van der Waals surface area (Å²) in [5, 5.41) is 79.5. The van der Waals surface area contributed by atoms with Crippen molar-refractivity contribution in [2.24, 2.45) is 0 Å². The Kier molecular flexibility index (Phi) is 8.40. The topological polar surface area (TPSA) is 226 Å². The maximum absolute atomic E-state index is 10.4. The van der Waals surface area contributed by atoms with Gasteiger partial charge in [0.1, 0.15) is 73.2 Å². The second-order valence-electron chi connectivity index (χ2n) is 8.67. The van der Waals surface area contributed by atoms with E-state index in [1.54, 1.807) is 0 Å². The van der Waals surface area contributed by atoms with Crippen molar-refractivity contribution >= 4 is 0 Å². The molecule has 4 fully saturated rings. The van der Waals surface area contributed by atoms with Gasteiger partial charge in [-0.05, 0) is 0 Å². The van der Waals surface area contributed by atoms with E-state index in [1.165, 1.54) is 7.11 Å². The molecule has 34 heavy (non-hydrogen) atoms. The van der Waals surface area contributed by atoms with E-state index >= 15 is 0 Å². The van der Waals surface area contributed by atoms with E-state index in [0.29, 0.717) is 0 Å². The molecular formula is C19H32O15. The summed E-state index contributed by atoms with van der Waals surface area (Å²) in [6, 6.07) is 0. The number of fused-ring (bicyclic) bond motifs is 2. The highest BCUT2D eigenvalue weighted by molar-refractivity contribution is 5.00. The van der Waals surface area contributed by atoms with E-state index in [4.69, 9.17) is 33.2 Å². The standard InChI is InChI=1S/C19H32O15/c1-28-16-15-13(33-18-11(25)10(24)8(22)5(2-20)31-18)7(4-29-15)32-19(16)34-14-9(23)6(3-21)30-17(27)12(14)26/h5-27H,2-4H2,1H3/t5-,6-,7+,8+,9+,10+,11-,12-,13-,14+,15-,16+,17?,18+,19+/m1/s1. The number of ether oxygens (including phenoxy) is 7. The van der Waals surface area contributed by atoms with Gasteiger partial charge in [-0.25, -0.2) is 0 Å². The summed E-state index contributed by atoms with van der Waals surface area (Å²) >= 11 is 0. The van der Waals surface area contributed by atoms with Crippen molar-refractivity contribution in [3.05, 3.63) is 0 Å². The Hall–Kier alpha value is -0.600. The molecule has 0 radical (unpaired) electrons. The van der Waals surface area contributed by atoms with E-state index in [9.17, 15) is 40.9 Å². The monoisotopic (exact) mass is 500 g/mol. The second-order valence-corrected chi connectivity index (χ2v) is 8.67. The lowest BCUT2D eigenvalue weighted by molar-refractivity contribution is -0.362. The molecule has 0 aromatic heterocycles. The molecule has 198 valence electrons. The van der Waals surface area contributed by atoms with Crippen LogP contribution in [-0.2, 0) is 33.2 Å². The molecule has 4 heterocycles. The first kappa shape index (κ1) is 26.5. The predicted octanol–water partition coefficient (Wildman–Crippen LogP) is -5.87. The van der Waals surface area contributed by atoms with Gasteiger partial charge >= 0.3 is 0 Å². The summed E-state index contributed by atoms with van der Waals surface area (Å²) in [4.78, 5) is 0. The van der Waals surface area contributed by atoms with Crippen molar-refractivity contribution in [2.75, 3.05) is 26.9 Å². The summed E-state index contributed by atoms with van der Waals surface area (Å²) in [5.74, 6) is 0. The third-order valence-corrected chi connectivity index (χ3v) is 6.59. The summed E-state index contributed by atoms with van der Waals surface area (Å²) < 4.78 is 38.9. The Morgan fingerprint density at radius 3 is 1.97 bits per heavy atom. The molecule has 4 aliphatic heterocycles. The van der Waals surface area contributed by atoms with Crippen molar-refractivity contribution in [3.63, 3.8) is 0 Å². The van der Waals surface area contributed by atoms with Crippen LogP contribution in [0.4, 0.5) is 0 Å². The quantitative estimate of drug-likeness (QED) is 0.163. The van der Waals surface area contributed by atoms with Gasteiger partial charge in [0.05, 0.1) is 19.8 Å². The van der Waals surface area contributed by atoms with Crippen molar-refractivity contribution < 1.29 is 74.0 Å². The molecule has 0 spiro atoms. The third-order valence-electron chi connectivity index (χ3n) is 6.59. The predicted molar refractivity (Wildman–Crippen MR) is 103 cm³/mol. The van der Waals surface area contributed by atoms with Crippen LogP contribution in [0.2, 0.25) is 0 Å². The molecule has 15 atom stereocenters. The average Bonchev–Trinajstić information content (AvgIpc) is 3.10. The molecule has 0 aromatic rings. The van der Waals surface area contributed by atoms with Crippen molar-refractivity contribution in [2.45, 2.75) is 92.1 Å². The normalized spacial score (nSPS) is 53.7. The minimum atomic E-state index is -1.72. The van der Waals surface area contributed by atoms with Crippen molar-refractivity contribution in [1.82, 2.24) is 0 Å². The van der Waals surface area contributed by atoms with Crippen LogP contribution < -0.4 is 0 Å². The molecule has 8 N–H and O–H groups in total. The Morgan fingerprint density at radius 1 is 0.676 bits per heavy atom. The highest BCUT2D eigenvalue weighted by Crippen LogP contribution is 2.37. The lowest BCUT2D eigenvalue weighted by Gasteiger charge is -2.46. The zero-order valence-electron chi connectivity index (χ0n) is 18.2. The van der Waals surface area contributed by atoms with Gasteiger partial charge in [0.2, 0.25) is 0 Å². The van der Waals surface area contributed by atoms with Crippen LogP contribution >= 0.6 is 0 Å². The number of methoxy groups -OCH3 is 1. The number of aliphatic hydroxyl groups excluding tert-OH is 8. The average molecular weight is 500 g/mol. The van der Waals surface area contributed by atoms with Crippen molar-refractivity contribution in [1.29, 1.82) is 0 Å².